The standard InChI is InChI=1S/C42H72BrNO16/c1-8-10-11-12-13-14-15-16-17-18-20-56-37(46)32(29-34(43)39(48)58-26-27-60-41(50)44-19-21-55-35(45)9-2)28-33(38(47)57-24-22-51-5)30-42(3,4)40(49)59-25-23-54-31-36(52-6)53-7/h9,32-34,36H,2,8,10-31H2,1,3-7H3,(H,44,50). The van der Waals surface area contributed by atoms with Crippen LogP contribution >= 0.6 is 15.9 Å². The van der Waals surface area contributed by atoms with Crippen LogP contribution in [0.5, 0.6) is 0 Å². The second-order valence-corrected chi connectivity index (χ2v) is 15.7. The molecule has 3 unspecified atom stereocenters. The van der Waals surface area contributed by atoms with E-state index in [-0.39, 0.29) is 85.3 Å². The van der Waals surface area contributed by atoms with E-state index in [1.807, 2.05) is 0 Å². The molecule has 17 nitrogen and oxygen atoms in total. The molecule has 60 heavy (non-hydrogen) atoms. The van der Waals surface area contributed by atoms with Gasteiger partial charge in [-0.05, 0) is 39.5 Å². The summed E-state index contributed by atoms with van der Waals surface area (Å²) in [5.41, 5.74) is -1.20. The molecular weight excluding hydrogens is 854 g/mol. The van der Waals surface area contributed by atoms with Crippen LogP contribution in [0.3, 0.4) is 0 Å². The lowest BCUT2D eigenvalue weighted by atomic mass is 9.78. The van der Waals surface area contributed by atoms with Gasteiger partial charge in [-0.1, -0.05) is 87.2 Å². The molecule has 18 heteroatoms. The SMILES string of the molecule is C=CC(=O)OCCNC(=O)OCCOC(=O)C(Br)CC(CC(CC(C)(C)C(=O)OCCOCC(OC)OC)C(=O)OCCOC)C(=O)OCCCCCCCCCCCC. The van der Waals surface area contributed by atoms with Gasteiger partial charge in [-0.15, -0.1) is 0 Å². The van der Waals surface area contributed by atoms with Gasteiger partial charge in [0.25, 0.3) is 0 Å². The Labute approximate surface area is 365 Å². The lowest BCUT2D eigenvalue weighted by Gasteiger charge is -2.29. The summed E-state index contributed by atoms with van der Waals surface area (Å²) in [5, 5.41) is 2.38. The van der Waals surface area contributed by atoms with Gasteiger partial charge < -0.3 is 52.7 Å². The van der Waals surface area contributed by atoms with Crippen molar-refractivity contribution < 1.29 is 76.1 Å². The Morgan fingerprint density at radius 3 is 1.80 bits per heavy atom. The number of hydrogen-bond donors (Lipinski definition) is 1. The van der Waals surface area contributed by atoms with E-state index in [9.17, 15) is 28.8 Å². The Morgan fingerprint density at radius 1 is 0.633 bits per heavy atom. The molecule has 1 N–H and O–H groups in total. The van der Waals surface area contributed by atoms with Gasteiger partial charge in [0, 0.05) is 27.4 Å². The average Bonchev–Trinajstić information content (AvgIpc) is 3.23. The number of unbranched alkanes of at least 4 members (excludes halogenated alkanes) is 9. The first-order valence-electron chi connectivity index (χ1n) is 20.9. The summed E-state index contributed by atoms with van der Waals surface area (Å²) in [5.74, 6) is -5.21. The van der Waals surface area contributed by atoms with Crippen LogP contribution in [0.15, 0.2) is 12.7 Å². The number of nitrogens with one attached hydrogen (secondary N) is 1. The van der Waals surface area contributed by atoms with Crippen LogP contribution in [0.25, 0.3) is 0 Å². The van der Waals surface area contributed by atoms with Gasteiger partial charge in [0.05, 0.1) is 50.2 Å². The Balaban J connectivity index is 5.67. The van der Waals surface area contributed by atoms with Crippen molar-refractivity contribution in [3.05, 3.63) is 12.7 Å². The van der Waals surface area contributed by atoms with Crippen molar-refractivity contribution in [3.63, 3.8) is 0 Å². The maximum Gasteiger partial charge on any atom is 0.407 e. The summed E-state index contributed by atoms with van der Waals surface area (Å²) in [6.07, 6.45) is 10.4. The smallest absolute Gasteiger partial charge is 0.407 e. The molecule has 0 aliphatic carbocycles. The predicted octanol–water partition coefficient (Wildman–Crippen LogP) is 6.01. The quantitative estimate of drug-likeness (QED) is 0.0188. The minimum atomic E-state index is -1.20. The number of ether oxygens (including phenoxy) is 10. The summed E-state index contributed by atoms with van der Waals surface area (Å²) in [6, 6.07) is 0. The summed E-state index contributed by atoms with van der Waals surface area (Å²) in [7, 11) is 4.41. The molecular formula is C42H72BrNO16. The van der Waals surface area contributed by atoms with E-state index < -0.39 is 64.3 Å². The molecule has 0 saturated carbocycles. The number of hydrogen-bond acceptors (Lipinski definition) is 16. The van der Waals surface area contributed by atoms with Gasteiger partial charge in [0.15, 0.2) is 6.29 Å². The number of carbonyl (C=O) groups is 6. The first-order valence-corrected chi connectivity index (χ1v) is 21.8. The molecule has 0 saturated heterocycles. The average molecular weight is 927 g/mol. The van der Waals surface area contributed by atoms with Crippen LogP contribution in [0.2, 0.25) is 0 Å². The van der Waals surface area contributed by atoms with Crippen LogP contribution in [0, 0.1) is 17.3 Å². The van der Waals surface area contributed by atoms with Crippen molar-refractivity contribution >= 4 is 51.9 Å². The van der Waals surface area contributed by atoms with Crippen LogP contribution < -0.4 is 5.32 Å². The molecule has 0 aromatic heterocycles. The number of alkyl carbamates (subject to hydrolysis) is 1. The summed E-state index contributed by atoms with van der Waals surface area (Å²) in [4.78, 5) is 75.5. The Kier molecular flexibility index (Phi) is 34.3. The normalized spacial score (nSPS) is 12.8. The Bertz CT molecular complexity index is 1210. The topological polar surface area (TPSA) is 207 Å². The second-order valence-electron chi connectivity index (χ2n) is 14.6. The summed E-state index contributed by atoms with van der Waals surface area (Å²) < 4.78 is 52.3. The highest BCUT2D eigenvalue weighted by Crippen LogP contribution is 2.34. The van der Waals surface area contributed by atoms with Gasteiger partial charge in [-0.25, -0.2) is 9.59 Å². The number of carbonyl (C=O) groups excluding carboxylic acids is 6. The largest absolute Gasteiger partial charge is 0.465 e. The molecule has 0 aliphatic rings. The van der Waals surface area contributed by atoms with E-state index in [0.29, 0.717) is 6.42 Å². The highest BCUT2D eigenvalue weighted by atomic mass is 79.9. The highest BCUT2D eigenvalue weighted by Gasteiger charge is 2.39. The molecule has 0 aromatic rings. The van der Waals surface area contributed by atoms with Crippen LogP contribution in [-0.2, 0) is 71.3 Å². The van der Waals surface area contributed by atoms with Gasteiger partial charge in [-0.3, -0.25) is 19.2 Å². The highest BCUT2D eigenvalue weighted by molar-refractivity contribution is 9.10. The third kappa shape index (κ3) is 29.0. The van der Waals surface area contributed by atoms with Gasteiger partial charge in [0.2, 0.25) is 0 Å². The number of amides is 1. The fourth-order valence-corrected chi connectivity index (χ4v) is 6.33. The molecule has 0 bridgehead atoms. The van der Waals surface area contributed by atoms with Crippen molar-refractivity contribution in [2.75, 3.05) is 87.3 Å². The van der Waals surface area contributed by atoms with E-state index in [2.05, 4.69) is 34.7 Å². The van der Waals surface area contributed by atoms with E-state index >= 15 is 0 Å². The fraction of sp³-hybridized carbons (Fsp3) is 0.810. The minimum absolute atomic E-state index is 0.00240. The third-order valence-electron chi connectivity index (χ3n) is 9.15. The second kappa shape index (κ2) is 36.3. The van der Waals surface area contributed by atoms with Crippen molar-refractivity contribution in [2.24, 2.45) is 17.3 Å². The maximum atomic E-state index is 13.7. The van der Waals surface area contributed by atoms with Crippen LogP contribution in [0.4, 0.5) is 4.79 Å². The van der Waals surface area contributed by atoms with E-state index in [1.165, 1.54) is 59.9 Å². The zero-order valence-corrected chi connectivity index (χ0v) is 38.4. The molecule has 0 fully saturated rings. The number of alkyl halides is 1. The number of esters is 5. The number of methoxy groups -OCH3 is 3. The fourth-order valence-electron chi connectivity index (χ4n) is 5.75. The van der Waals surface area contributed by atoms with E-state index in [4.69, 9.17) is 47.4 Å². The van der Waals surface area contributed by atoms with Crippen molar-refractivity contribution in [1.82, 2.24) is 5.32 Å². The Hall–Kier alpha value is -3.32. The van der Waals surface area contributed by atoms with E-state index in [1.54, 1.807) is 13.8 Å². The van der Waals surface area contributed by atoms with Crippen LogP contribution in [0.1, 0.15) is 104 Å². The summed E-state index contributed by atoms with van der Waals surface area (Å²) in [6.45, 7) is 8.47. The van der Waals surface area contributed by atoms with Crippen molar-refractivity contribution in [2.45, 2.75) is 115 Å². The Morgan fingerprint density at radius 2 is 1.18 bits per heavy atom. The molecule has 0 rings (SSSR count). The predicted molar refractivity (Wildman–Crippen MR) is 224 cm³/mol. The molecule has 0 spiro atoms. The molecule has 0 aliphatic heterocycles. The van der Waals surface area contributed by atoms with Crippen LogP contribution in [-0.4, -0.2) is 134 Å². The monoisotopic (exact) mass is 925 g/mol. The minimum Gasteiger partial charge on any atom is -0.465 e. The summed E-state index contributed by atoms with van der Waals surface area (Å²) >= 11 is 3.33. The van der Waals surface area contributed by atoms with Gasteiger partial charge in [-0.2, -0.15) is 0 Å². The van der Waals surface area contributed by atoms with Crippen molar-refractivity contribution in [1.29, 1.82) is 0 Å². The lowest BCUT2D eigenvalue weighted by molar-refractivity contribution is -0.163. The van der Waals surface area contributed by atoms with Crippen molar-refractivity contribution in [3.8, 4) is 0 Å². The molecule has 3 atom stereocenters. The van der Waals surface area contributed by atoms with Gasteiger partial charge >= 0.3 is 35.9 Å². The molecule has 0 heterocycles. The zero-order chi connectivity index (χ0) is 45.0. The van der Waals surface area contributed by atoms with E-state index in [0.717, 1.165) is 25.3 Å². The zero-order valence-electron chi connectivity index (χ0n) is 36.8. The first-order chi connectivity index (χ1) is 28.8. The number of rotatable bonds is 38. The first kappa shape index (κ1) is 56.7. The molecule has 348 valence electrons. The molecule has 0 radical (unpaired) electrons. The number of halogens is 1. The molecule has 1 amide bonds. The van der Waals surface area contributed by atoms with Gasteiger partial charge in [0.1, 0.15) is 37.9 Å². The third-order valence-corrected chi connectivity index (χ3v) is 9.90. The lowest BCUT2D eigenvalue weighted by Crippen LogP contribution is -2.36. The molecule has 0 aromatic carbocycles. The maximum absolute atomic E-state index is 13.7.